The summed E-state index contributed by atoms with van der Waals surface area (Å²) in [6.07, 6.45) is 0.763. The van der Waals surface area contributed by atoms with Gasteiger partial charge in [0.05, 0.1) is 12.2 Å². The Hall–Kier alpha value is -0.120. The number of hydrogen-bond donors (Lipinski definition) is 1. The number of morpholine rings is 1. The first-order chi connectivity index (χ1) is 5.22. The van der Waals surface area contributed by atoms with Gasteiger partial charge < -0.3 is 10.1 Å². The number of nitrogens with one attached hydrogen (secondary N) is 1. The Morgan fingerprint density at radius 1 is 1.36 bits per heavy atom. The van der Waals surface area contributed by atoms with Gasteiger partial charge in [0, 0.05) is 19.8 Å². The van der Waals surface area contributed by atoms with E-state index in [1.165, 1.54) is 0 Å². The van der Waals surface area contributed by atoms with E-state index < -0.39 is 0 Å². The van der Waals surface area contributed by atoms with Gasteiger partial charge in [0.2, 0.25) is 0 Å². The van der Waals surface area contributed by atoms with Gasteiger partial charge in [0.25, 0.3) is 0 Å². The highest BCUT2D eigenvalue weighted by Gasteiger charge is 2.20. The second-order valence-electron chi connectivity index (χ2n) is 3.30. The molecule has 0 aliphatic carbocycles. The Kier molecular flexibility index (Phi) is 3.30. The van der Waals surface area contributed by atoms with Crippen molar-refractivity contribution in [2.45, 2.75) is 26.1 Å². The van der Waals surface area contributed by atoms with Gasteiger partial charge in [0.1, 0.15) is 0 Å². The molecule has 0 radical (unpaired) electrons. The summed E-state index contributed by atoms with van der Waals surface area (Å²) in [6.45, 7) is 7.31. The highest BCUT2D eigenvalue weighted by Crippen LogP contribution is 2.08. The lowest BCUT2D eigenvalue weighted by Crippen LogP contribution is -2.48. The molecule has 1 aliphatic heterocycles. The molecule has 0 aromatic heterocycles. The zero-order chi connectivity index (χ0) is 8.27. The van der Waals surface area contributed by atoms with Crippen LogP contribution in [0.1, 0.15) is 13.8 Å². The quantitative estimate of drug-likeness (QED) is 0.624. The lowest BCUT2D eigenvalue weighted by Gasteiger charge is -2.34. The molecule has 0 aromatic carbocycles. The summed E-state index contributed by atoms with van der Waals surface area (Å²) in [5.41, 5.74) is 0. The van der Waals surface area contributed by atoms with Crippen LogP contribution in [-0.2, 0) is 4.74 Å². The van der Waals surface area contributed by atoms with E-state index >= 15 is 0 Å². The first kappa shape index (κ1) is 8.97. The second-order valence-corrected chi connectivity index (χ2v) is 3.30. The van der Waals surface area contributed by atoms with Crippen molar-refractivity contribution >= 4 is 0 Å². The Labute approximate surface area is 68.7 Å². The third-order valence-electron chi connectivity index (χ3n) is 1.88. The maximum absolute atomic E-state index is 5.59. The predicted octanol–water partition coefficient (Wildman–Crippen LogP) is 0.272. The van der Waals surface area contributed by atoms with Crippen LogP contribution in [0, 0.1) is 0 Å². The molecule has 11 heavy (non-hydrogen) atoms. The van der Waals surface area contributed by atoms with Crippen molar-refractivity contribution in [1.82, 2.24) is 10.2 Å². The Bertz CT molecular complexity index is 109. The summed E-state index contributed by atoms with van der Waals surface area (Å²) in [5.74, 6) is 0. The normalized spacial score (nSPS) is 34.1. The number of rotatable bonds is 2. The van der Waals surface area contributed by atoms with Crippen molar-refractivity contribution in [3.05, 3.63) is 0 Å². The number of ether oxygens (including phenoxy) is 1. The zero-order valence-electron chi connectivity index (χ0n) is 7.63. The minimum atomic E-state index is 0.382. The second kappa shape index (κ2) is 4.04. The summed E-state index contributed by atoms with van der Waals surface area (Å²) in [7, 11) is 1.98. The standard InChI is InChI=1S/C8H18N2O/c1-7-4-10(6-9-3)5-8(2)11-7/h7-9H,4-6H2,1-3H3/t7-,8+. The molecular weight excluding hydrogens is 140 g/mol. The summed E-state index contributed by atoms with van der Waals surface area (Å²) >= 11 is 0. The fourth-order valence-corrected chi connectivity index (χ4v) is 1.64. The van der Waals surface area contributed by atoms with E-state index in [2.05, 4.69) is 24.1 Å². The van der Waals surface area contributed by atoms with Gasteiger partial charge in [-0.15, -0.1) is 0 Å². The van der Waals surface area contributed by atoms with Crippen molar-refractivity contribution in [1.29, 1.82) is 0 Å². The smallest absolute Gasteiger partial charge is 0.0678 e. The van der Waals surface area contributed by atoms with Crippen LogP contribution in [0.4, 0.5) is 0 Å². The van der Waals surface area contributed by atoms with Gasteiger partial charge in [-0.05, 0) is 20.9 Å². The number of nitrogens with zero attached hydrogens (tertiary/aromatic N) is 1. The van der Waals surface area contributed by atoms with Gasteiger partial charge in [-0.25, -0.2) is 0 Å². The van der Waals surface area contributed by atoms with Gasteiger partial charge >= 0.3 is 0 Å². The summed E-state index contributed by atoms with van der Waals surface area (Å²) < 4.78 is 5.59. The van der Waals surface area contributed by atoms with E-state index in [9.17, 15) is 0 Å². The molecule has 0 aromatic rings. The van der Waals surface area contributed by atoms with Crippen molar-refractivity contribution < 1.29 is 4.74 Å². The Morgan fingerprint density at radius 2 is 1.91 bits per heavy atom. The lowest BCUT2D eigenvalue weighted by atomic mass is 10.2. The third-order valence-corrected chi connectivity index (χ3v) is 1.88. The van der Waals surface area contributed by atoms with Crippen molar-refractivity contribution in [3.63, 3.8) is 0 Å². The Balaban J connectivity index is 2.30. The van der Waals surface area contributed by atoms with Crippen LogP contribution >= 0.6 is 0 Å². The molecule has 1 saturated heterocycles. The van der Waals surface area contributed by atoms with E-state index in [4.69, 9.17) is 4.74 Å². The van der Waals surface area contributed by atoms with Crippen molar-refractivity contribution in [2.24, 2.45) is 0 Å². The first-order valence-electron chi connectivity index (χ1n) is 4.24. The van der Waals surface area contributed by atoms with E-state index in [0.717, 1.165) is 19.8 Å². The highest BCUT2D eigenvalue weighted by molar-refractivity contribution is 4.71. The molecule has 1 aliphatic rings. The molecular formula is C8H18N2O. The van der Waals surface area contributed by atoms with Crippen molar-refractivity contribution in [3.8, 4) is 0 Å². The average molecular weight is 158 g/mol. The molecule has 0 saturated carbocycles. The van der Waals surface area contributed by atoms with Crippen LogP contribution in [0.2, 0.25) is 0 Å². The van der Waals surface area contributed by atoms with Gasteiger partial charge in [0.15, 0.2) is 0 Å². The minimum Gasteiger partial charge on any atom is -0.373 e. The average Bonchev–Trinajstić information content (AvgIpc) is 1.85. The fourth-order valence-electron chi connectivity index (χ4n) is 1.64. The van der Waals surface area contributed by atoms with Crippen LogP contribution in [0.3, 0.4) is 0 Å². The summed E-state index contributed by atoms with van der Waals surface area (Å²) in [6, 6.07) is 0. The fraction of sp³-hybridized carbons (Fsp3) is 1.00. The largest absolute Gasteiger partial charge is 0.373 e. The first-order valence-corrected chi connectivity index (χ1v) is 4.24. The van der Waals surface area contributed by atoms with Crippen LogP contribution in [-0.4, -0.2) is 43.9 Å². The van der Waals surface area contributed by atoms with Gasteiger partial charge in [-0.1, -0.05) is 0 Å². The Morgan fingerprint density at radius 3 is 2.36 bits per heavy atom. The van der Waals surface area contributed by atoms with E-state index in [1.54, 1.807) is 0 Å². The molecule has 1 N–H and O–H groups in total. The molecule has 0 amide bonds. The minimum absolute atomic E-state index is 0.382. The van der Waals surface area contributed by atoms with E-state index in [1.807, 2.05) is 7.05 Å². The zero-order valence-corrected chi connectivity index (χ0v) is 7.63. The highest BCUT2D eigenvalue weighted by atomic mass is 16.5. The molecule has 0 spiro atoms. The molecule has 1 rings (SSSR count). The molecule has 0 unspecified atom stereocenters. The summed E-state index contributed by atoms with van der Waals surface area (Å²) in [5, 5.41) is 3.15. The molecule has 3 nitrogen and oxygen atoms in total. The molecule has 1 heterocycles. The monoisotopic (exact) mass is 158 g/mol. The number of hydrogen-bond acceptors (Lipinski definition) is 3. The maximum Gasteiger partial charge on any atom is 0.0678 e. The van der Waals surface area contributed by atoms with Gasteiger partial charge in [-0.2, -0.15) is 0 Å². The molecule has 2 atom stereocenters. The third kappa shape index (κ3) is 2.77. The molecule has 1 fully saturated rings. The maximum atomic E-state index is 5.59. The van der Waals surface area contributed by atoms with E-state index in [0.29, 0.717) is 12.2 Å². The van der Waals surface area contributed by atoms with Crippen LogP contribution in [0.5, 0.6) is 0 Å². The SMILES string of the molecule is CNCN1C[C@@H](C)O[C@@H](C)C1. The topological polar surface area (TPSA) is 24.5 Å². The lowest BCUT2D eigenvalue weighted by molar-refractivity contribution is -0.0693. The summed E-state index contributed by atoms with van der Waals surface area (Å²) in [4.78, 5) is 2.37. The molecule has 66 valence electrons. The molecule has 0 bridgehead atoms. The van der Waals surface area contributed by atoms with Crippen LogP contribution in [0.25, 0.3) is 0 Å². The van der Waals surface area contributed by atoms with Crippen LogP contribution < -0.4 is 5.32 Å². The predicted molar refractivity (Wildman–Crippen MR) is 45.5 cm³/mol. The molecule has 3 heteroatoms. The van der Waals surface area contributed by atoms with Gasteiger partial charge in [-0.3, -0.25) is 4.90 Å². The van der Waals surface area contributed by atoms with E-state index in [-0.39, 0.29) is 0 Å². The van der Waals surface area contributed by atoms with Crippen LogP contribution in [0.15, 0.2) is 0 Å². The van der Waals surface area contributed by atoms with Crippen molar-refractivity contribution in [2.75, 3.05) is 26.8 Å².